The Labute approximate surface area is 26.1 Å². The van der Waals surface area contributed by atoms with E-state index in [0.29, 0.717) is 6.29 Å². The molecule has 0 amide bonds. The first kappa shape index (κ1) is 1.91. The number of aldehydes is 1. The molecule has 0 aliphatic rings. The molecule has 0 aromatic carbocycles. The van der Waals surface area contributed by atoms with Crippen LogP contribution in [0.5, 0.6) is 0 Å². The second-order valence-electron chi connectivity index (χ2n) is 0.371. The van der Waals surface area contributed by atoms with Gasteiger partial charge in [-0.2, -0.15) is 0 Å². The van der Waals surface area contributed by atoms with Gasteiger partial charge in [-0.25, -0.2) is 0 Å². The largest absolute Gasteiger partial charge is 0.324 e. The van der Waals surface area contributed by atoms with Crippen molar-refractivity contribution < 1.29 is 6.21 Å². The number of carbonyl (C=O) groups is 1. The van der Waals surface area contributed by atoms with Crippen LogP contribution in [0.4, 0.5) is 0 Å². The van der Waals surface area contributed by atoms with Crippen molar-refractivity contribution in [1.29, 1.82) is 0 Å². The molecule has 2 N–H and O–H groups in total. The van der Waals surface area contributed by atoms with Crippen LogP contribution in [0, 0.1) is 0 Å². The minimum atomic E-state index is 0.125. The van der Waals surface area contributed by atoms with E-state index >= 15 is 0 Å². The molecule has 0 aromatic heterocycles. The maximum atomic E-state index is 9.22. The second kappa shape index (κ2) is 2.63. The molecule has 0 saturated carbocycles. The van der Waals surface area contributed by atoms with Gasteiger partial charge in [-0.15, -0.1) is 0 Å². The van der Waals surface area contributed by atoms with Crippen LogP contribution in [0.3, 0.4) is 0 Å². The van der Waals surface area contributed by atoms with Crippen molar-refractivity contribution in [2.45, 2.75) is 0 Å². The van der Waals surface area contributed by atoms with Gasteiger partial charge in [0.1, 0.15) is 7.70 Å². The summed E-state index contributed by atoms with van der Waals surface area (Å²) in [7, 11) is 0. The zero-order chi connectivity index (χ0) is 4.12. The number of hydrogen-bond acceptors (Lipinski definition) is 2. The van der Waals surface area contributed by atoms with Crippen molar-refractivity contribution in [2.24, 2.45) is 5.73 Å². The molecule has 0 fully saturated rings. The van der Waals surface area contributed by atoms with Crippen LogP contribution in [0.1, 0.15) is 0 Å². The van der Waals surface area contributed by atoms with Crippen LogP contribution >= 0.6 is 0 Å². The van der Waals surface area contributed by atoms with Crippen molar-refractivity contribution in [3.8, 4) is 0 Å². The Morgan fingerprint density at radius 3 is 3.25 bits per heavy atom. The lowest BCUT2D eigenvalue weighted by Crippen LogP contribution is -1.97. The third kappa shape index (κ3) is 1.63. The van der Waals surface area contributed by atoms with Gasteiger partial charge in [0.15, 0.2) is 0 Å². The van der Waals surface area contributed by atoms with Crippen LogP contribution in [-0.2, 0) is 4.79 Å². The first-order chi connectivity index (χ1) is 2.41. The van der Waals surface area contributed by atoms with E-state index in [-0.39, 0.29) is 6.54 Å². The molecule has 4 heavy (non-hydrogen) atoms. The Morgan fingerprint density at radius 1 is 2.50 bits per heavy atom. The monoisotopic (exact) mass is 60.0 g/mol. The molecule has 0 heterocycles. The van der Waals surface area contributed by atoms with E-state index in [1.54, 1.807) is 0 Å². The molecule has 0 saturated heterocycles. The normalized spacial score (nSPS) is 9.50. The van der Waals surface area contributed by atoms with Crippen molar-refractivity contribution in [3.05, 3.63) is 0 Å². The third-order valence-electron chi connectivity index (χ3n) is 0.0833. The molecule has 0 aliphatic carbocycles. The molecule has 0 rings (SSSR count). The summed E-state index contributed by atoms with van der Waals surface area (Å²) in [5.41, 5.74) is 1.90. The van der Waals surface area contributed by atoms with Gasteiger partial charge >= 0.3 is 0 Å². The van der Waals surface area contributed by atoms with E-state index < -0.39 is 0 Å². The van der Waals surface area contributed by atoms with Gasteiger partial charge in [-0.3, -0.25) is 0 Å². The first-order valence-electron chi connectivity index (χ1n) is 1.50. The average molecular weight is 60.1 g/mol. The smallest absolute Gasteiger partial charge is 0.133 e. The lowest BCUT2D eigenvalue weighted by atomic mass is 10.8. The third-order valence-corrected chi connectivity index (χ3v) is 0.0833. The Hall–Kier alpha value is -0.370. The molecule has 0 unspecified atom stereocenters. The van der Waals surface area contributed by atoms with E-state index in [2.05, 4.69) is 0 Å². The Bertz CT molecular complexity index is 30.8. The van der Waals surface area contributed by atoms with Gasteiger partial charge in [-0.05, 0) is 0 Å². The maximum Gasteiger partial charge on any atom is 0.133 e. The Kier molecular flexibility index (Phi) is 1.25. The van der Waals surface area contributed by atoms with Gasteiger partial charge < -0.3 is 10.5 Å². The number of carbonyl (C=O) groups excluding carboxylic acids is 1. The molecule has 0 aromatic rings. The van der Waals surface area contributed by atoms with Gasteiger partial charge in [0.05, 0.1) is 0 Å². The Morgan fingerprint density at radius 2 is 3.25 bits per heavy atom. The predicted molar refractivity (Wildman–Crippen MR) is 15.1 cm³/mol. The zero-order valence-corrected chi connectivity index (χ0v) is 2.19. The maximum absolute atomic E-state index is 9.22. The van der Waals surface area contributed by atoms with Crippen molar-refractivity contribution in [2.75, 3.05) is 6.54 Å². The topological polar surface area (TPSA) is 43.1 Å². The molecule has 0 spiro atoms. The molecule has 2 nitrogen and oxygen atoms in total. The van der Waals surface area contributed by atoms with E-state index in [1.807, 2.05) is 5.73 Å². The van der Waals surface area contributed by atoms with Gasteiger partial charge in [-0.1, -0.05) is 0 Å². The summed E-state index contributed by atoms with van der Waals surface area (Å²) in [5, 5.41) is 0. The lowest BCUT2D eigenvalue weighted by Gasteiger charge is -1.55. The SMILES string of the molecule is [2H]NCC=O. The summed E-state index contributed by atoms with van der Waals surface area (Å²) < 4.78 is 6.12. The summed E-state index contributed by atoms with van der Waals surface area (Å²) in [5.74, 6) is 0. The van der Waals surface area contributed by atoms with Gasteiger partial charge in [0, 0.05) is 6.54 Å². The van der Waals surface area contributed by atoms with E-state index in [9.17, 15) is 4.79 Å². The highest BCUT2D eigenvalue weighted by atomic mass is 16.1. The number of rotatable bonds is 2. The standard InChI is InChI=1S/C2H5NO/c3-1-2-4/h2H,1,3H2/i/hD. The van der Waals surface area contributed by atoms with Crippen LogP contribution < -0.4 is 5.73 Å². The van der Waals surface area contributed by atoms with Crippen LogP contribution in [0.15, 0.2) is 0 Å². The lowest BCUT2D eigenvalue weighted by molar-refractivity contribution is -0.106. The molecular formula is C2H5NO. The fraction of sp³-hybridized carbons (Fsp3) is 0.500. The summed E-state index contributed by atoms with van der Waals surface area (Å²) in [4.78, 5) is 9.22. The predicted octanol–water partition coefficient (Wildman–Crippen LogP) is -0.856. The fourth-order valence-electron chi connectivity index (χ4n) is 0. The molecular weight excluding hydrogens is 54.0 g/mol. The highest BCUT2D eigenvalue weighted by molar-refractivity contribution is 5.51. The minimum absolute atomic E-state index is 0.125. The van der Waals surface area contributed by atoms with Gasteiger partial charge in [0.25, 0.3) is 0 Å². The summed E-state index contributed by atoms with van der Waals surface area (Å²) in [6, 6.07) is 0. The summed E-state index contributed by atoms with van der Waals surface area (Å²) in [6.07, 6.45) is 0.632. The summed E-state index contributed by atoms with van der Waals surface area (Å²) in [6.45, 7) is 0.125. The Balaban J connectivity index is 2.40. The second-order valence-corrected chi connectivity index (χ2v) is 0.371. The average Bonchev–Trinajstić information content (AvgIpc) is 1.41. The van der Waals surface area contributed by atoms with Crippen molar-refractivity contribution >= 4 is 6.29 Å². The highest BCUT2D eigenvalue weighted by Crippen LogP contribution is 1.18. The molecule has 2 heteroatoms. The van der Waals surface area contributed by atoms with E-state index in [0.717, 1.165) is 0 Å². The molecule has 0 aliphatic heterocycles. The highest BCUT2D eigenvalue weighted by Gasteiger charge is 1.51. The zero-order valence-electron chi connectivity index (χ0n) is 3.19. The number of hydrogen-bond donors (Lipinski definition) is 1. The molecule has 0 bridgehead atoms. The molecule has 0 atom stereocenters. The van der Waals surface area contributed by atoms with Crippen molar-refractivity contribution in [1.82, 2.24) is 0 Å². The van der Waals surface area contributed by atoms with E-state index in [4.69, 9.17) is 1.41 Å². The van der Waals surface area contributed by atoms with Crippen LogP contribution in [0.25, 0.3) is 0 Å². The van der Waals surface area contributed by atoms with Crippen LogP contribution in [0.2, 0.25) is 1.41 Å². The quantitative estimate of drug-likeness (QED) is 0.421. The van der Waals surface area contributed by atoms with Crippen molar-refractivity contribution in [3.63, 3.8) is 0 Å². The minimum Gasteiger partial charge on any atom is -0.324 e. The van der Waals surface area contributed by atoms with Gasteiger partial charge in [0.2, 0.25) is 0 Å². The van der Waals surface area contributed by atoms with Crippen LogP contribution in [-0.4, -0.2) is 12.8 Å². The molecule has 0 radical (unpaired) electrons. The van der Waals surface area contributed by atoms with E-state index in [1.165, 1.54) is 0 Å². The molecule has 24 valence electrons. The summed E-state index contributed by atoms with van der Waals surface area (Å²) >= 11 is 0. The first-order valence-corrected chi connectivity index (χ1v) is 0.998. The number of nitrogens with two attached hydrogens (primary N) is 1. The fourth-order valence-corrected chi connectivity index (χ4v) is 0.